The van der Waals surface area contributed by atoms with Crippen molar-refractivity contribution in [3.8, 4) is 0 Å². The van der Waals surface area contributed by atoms with Gasteiger partial charge in [-0.1, -0.05) is 19.1 Å². The first-order chi connectivity index (χ1) is 10.9. The van der Waals surface area contributed by atoms with Crippen molar-refractivity contribution in [3.05, 3.63) is 54.3 Å². The Morgan fingerprint density at radius 2 is 1.74 bits per heavy atom. The van der Waals surface area contributed by atoms with Crippen LogP contribution in [0.1, 0.15) is 6.92 Å². The van der Waals surface area contributed by atoms with Gasteiger partial charge in [-0.3, -0.25) is 0 Å². The highest BCUT2D eigenvalue weighted by atomic mass is 32.2. The molecule has 0 heterocycles. The van der Waals surface area contributed by atoms with Crippen LogP contribution in [0, 0.1) is 5.82 Å². The summed E-state index contributed by atoms with van der Waals surface area (Å²) in [5.41, 5.74) is 0.852. The zero-order valence-electron chi connectivity index (χ0n) is 12.3. The highest BCUT2D eigenvalue weighted by Crippen LogP contribution is 2.16. The summed E-state index contributed by atoms with van der Waals surface area (Å²) in [5.74, 6) is -0.413. The third-order valence-electron chi connectivity index (χ3n) is 2.88. The summed E-state index contributed by atoms with van der Waals surface area (Å²) in [4.78, 5) is 0.165. The monoisotopic (exact) mass is 353 g/mol. The molecule has 23 heavy (non-hydrogen) atoms. The Morgan fingerprint density at radius 1 is 1.09 bits per heavy atom. The second-order valence-electron chi connectivity index (χ2n) is 4.58. The molecule has 122 valence electrons. The minimum Gasteiger partial charge on any atom is -0.332 e. The van der Waals surface area contributed by atoms with Gasteiger partial charge in [0.1, 0.15) is 5.82 Å². The predicted octanol–water partition coefficient (Wildman–Crippen LogP) is 2.93. The maximum atomic E-state index is 13.5. The predicted molar refractivity (Wildman–Crippen MR) is 93.5 cm³/mol. The maximum absolute atomic E-state index is 13.5. The Labute approximate surface area is 140 Å². The Kier molecular flexibility index (Phi) is 5.64. The fourth-order valence-electron chi connectivity index (χ4n) is 1.84. The van der Waals surface area contributed by atoms with Crippen molar-refractivity contribution in [3.63, 3.8) is 0 Å². The van der Waals surface area contributed by atoms with Gasteiger partial charge in [-0.2, -0.15) is 0 Å². The van der Waals surface area contributed by atoms with E-state index in [0.717, 1.165) is 0 Å². The molecule has 0 spiro atoms. The van der Waals surface area contributed by atoms with Crippen LogP contribution < -0.4 is 15.4 Å². The van der Waals surface area contributed by atoms with Gasteiger partial charge in [0.05, 0.1) is 10.6 Å². The number of anilines is 2. The minimum atomic E-state index is -3.49. The third-order valence-corrected chi connectivity index (χ3v) is 4.64. The first-order valence-electron chi connectivity index (χ1n) is 6.84. The van der Waals surface area contributed by atoms with Gasteiger partial charge in [-0.15, -0.1) is 0 Å². The second kappa shape index (κ2) is 7.49. The van der Waals surface area contributed by atoms with Gasteiger partial charge >= 0.3 is 0 Å². The van der Waals surface area contributed by atoms with Gasteiger partial charge < -0.3 is 10.6 Å². The van der Waals surface area contributed by atoms with Gasteiger partial charge in [-0.25, -0.2) is 17.5 Å². The Bertz CT molecular complexity index is 793. The van der Waals surface area contributed by atoms with E-state index >= 15 is 0 Å². The van der Waals surface area contributed by atoms with E-state index in [9.17, 15) is 12.8 Å². The van der Waals surface area contributed by atoms with Crippen LogP contribution in [0.5, 0.6) is 0 Å². The number of hydrogen-bond donors (Lipinski definition) is 3. The number of halogens is 1. The summed E-state index contributed by atoms with van der Waals surface area (Å²) in [6.45, 7) is 2.03. The molecule has 0 atom stereocenters. The van der Waals surface area contributed by atoms with Crippen LogP contribution in [-0.4, -0.2) is 20.1 Å². The summed E-state index contributed by atoms with van der Waals surface area (Å²) in [6, 6.07) is 12.3. The summed E-state index contributed by atoms with van der Waals surface area (Å²) >= 11 is 5.11. The molecule has 0 aliphatic carbocycles. The quantitative estimate of drug-likeness (QED) is 0.721. The first kappa shape index (κ1) is 17.3. The van der Waals surface area contributed by atoms with Crippen molar-refractivity contribution in [1.82, 2.24) is 4.72 Å². The summed E-state index contributed by atoms with van der Waals surface area (Å²) in [7, 11) is -3.49. The third kappa shape index (κ3) is 4.72. The standard InChI is InChI=1S/C15H16FN3O2S2/c1-2-17-23(20,21)12-9-7-11(8-10-12)18-15(22)19-14-6-4-3-5-13(14)16/h3-10,17H,2H2,1H3,(H2,18,19,22). The molecule has 0 bridgehead atoms. The number of thiocarbonyl (C=S) groups is 1. The van der Waals surface area contributed by atoms with Crippen LogP contribution in [0.2, 0.25) is 0 Å². The smallest absolute Gasteiger partial charge is 0.240 e. The van der Waals surface area contributed by atoms with E-state index < -0.39 is 15.8 Å². The van der Waals surface area contributed by atoms with E-state index in [0.29, 0.717) is 12.2 Å². The molecule has 3 N–H and O–H groups in total. The average molecular weight is 353 g/mol. The van der Waals surface area contributed by atoms with Crippen molar-refractivity contribution in [2.24, 2.45) is 0 Å². The van der Waals surface area contributed by atoms with Crippen molar-refractivity contribution < 1.29 is 12.8 Å². The molecule has 0 saturated heterocycles. The Balaban J connectivity index is 2.04. The number of para-hydroxylation sites is 1. The number of hydrogen-bond acceptors (Lipinski definition) is 3. The first-order valence-corrected chi connectivity index (χ1v) is 8.74. The molecule has 2 aromatic rings. The van der Waals surface area contributed by atoms with Gasteiger partial charge in [0.2, 0.25) is 10.0 Å². The lowest BCUT2D eigenvalue weighted by Gasteiger charge is -2.11. The molecule has 0 aliphatic rings. The van der Waals surface area contributed by atoms with Crippen molar-refractivity contribution in [2.75, 3.05) is 17.2 Å². The molecule has 0 aromatic heterocycles. The Morgan fingerprint density at radius 3 is 2.35 bits per heavy atom. The second-order valence-corrected chi connectivity index (χ2v) is 6.76. The molecule has 2 rings (SSSR count). The highest BCUT2D eigenvalue weighted by Gasteiger charge is 2.12. The number of benzene rings is 2. The average Bonchev–Trinajstić information content (AvgIpc) is 2.50. The normalized spacial score (nSPS) is 11.0. The highest BCUT2D eigenvalue weighted by molar-refractivity contribution is 7.89. The van der Waals surface area contributed by atoms with Gasteiger partial charge in [0, 0.05) is 12.2 Å². The molecule has 2 aromatic carbocycles. The fourth-order valence-corrected chi connectivity index (χ4v) is 3.11. The van der Waals surface area contributed by atoms with Crippen LogP contribution >= 0.6 is 12.2 Å². The lowest BCUT2D eigenvalue weighted by molar-refractivity contribution is 0.584. The van der Waals surface area contributed by atoms with E-state index in [1.807, 2.05) is 0 Å². The summed E-state index contributed by atoms with van der Waals surface area (Å²) in [6.07, 6.45) is 0. The molecule has 8 heteroatoms. The van der Waals surface area contributed by atoms with E-state index in [-0.39, 0.29) is 15.7 Å². The lowest BCUT2D eigenvalue weighted by Crippen LogP contribution is -2.23. The van der Waals surface area contributed by atoms with Crippen LogP contribution in [0.25, 0.3) is 0 Å². The minimum absolute atomic E-state index is 0.165. The molecule has 0 radical (unpaired) electrons. The molecule has 5 nitrogen and oxygen atoms in total. The van der Waals surface area contributed by atoms with Crippen LogP contribution in [-0.2, 0) is 10.0 Å². The van der Waals surface area contributed by atoms with Gasteiger partial charge in [0.15, 0.2) is 5.11 Å². The summed E-state index contributed by atoms with van der Waals surface area (Å²) < 4.78 is 39.6. The molecular weight excluding hydrogens is 337 g/mol. The zero-order valence-corrected chi connectivity index (χ0v) is 14.0. The zero-order chi connectivity index (χ0) is 16.9. The van der Waals surface area contributed by atoms with Gasteiger partial charge in [-0.05, 0) is 48.6 Å². The van der Waals surface area contributed by atoms with E-state index in [1.54, 1.807) is 37.3 Å². The maximum Gasteiger partial charge on any atom is 0.240 e. The van der Waals surface area contributed by atoms with E-state index in [1.165, 1.54) is 18.2 Å². The molecule has 0 aliphatic heterocycles. The molecule has 0 unspecified atom stereocenters. The number of rotatable bonds is 5. The Hall–Kier alpha value is -2.03. The van der Waals surface area contributed by atoms with Crippen LogP contribution in [0.4, 0.5) is 15.8 Å². The van der Waals surface area contributed by atoms with Gasteiger partial charge in [0.25, 0.3) is 0 Å². The van der Waals surface area contributed by atoms with Crippen molar-refractivity contribution in [2.45, 2.75) is 11.8 Å². The largest absolute Gasteiger partial charge is 0.332 e. The topological polar surface area (TPSA) is 70.2 Å². The summed E-state index contributed by atoms with van der Waals surface area (Å²) in [5, 5.41) is 5.81. The fraction of sp³-hybridized carbons (Fsp3) is 0.133. The molecule has 0 saturated carbocycles. The van der Waals surface area contributed by atoms with Crippen molar-refractivity contribution in [1.29, 1.82) is 0 Å². The van der Waals surface area contributed by atoms with E-state index in [2.05, 4.69) is 15.4 Å². The number of sulfonamides is 1. The van der Waals surface area contributed by atoms with Crippen molar-refractivity contribution >= 4 is 38.7 Å². The SMILES string of the molecule is CCNS(=O)(=O)c1ccc(NC(=S)Nc2ccccc2F)cc1. The van der Waals surface area contributed by atoms with Crippen LogP contribution in [0.3, 0.4) is 0 Å². The lowest BCUT2D eigenvalue weighted by atomic mass is 10.3. The molecular formula is C15H16FN3O2S2. The van der Waals surface area contributed by atoms with E-state index in [4.69, 9.17) is 12.2 Å². The molecule has 0 amide bonds. The molecule has 0 fully saturated rings. The number of nitrogens with one attached hydrogen (secondary N) is 3. The van der Waals surface area contributed by atoms with Crippen LogP contribution in [0.15, 0.2) is 53.4 Å².